The van der Waals surface area contributed by atoms with Gasteiger partial charge in [0, 0.05) is 9.99 Å². The van der Waals surface area contributed by atoms with E-state index in [0.29, 0.717) is 9.99 Å². The van der Waals surface area contributed by atoms with Crippen molar-refractivity contribution in [1.29, 1.82) is 0 Å². The predicted molar refractivity (Wildman–Crippen MR) is 65.3 cm³/mol. The van der Waals surface area contributed by atoms with Gasteiger partial charge >= 0.3 is 5.97 Å². The Morgan fingerprint density at radius 1 is 1.50 bits per heavy atom. The molecular formula is C9H7Cl2IO2. The highest BCUT2D eigenvalue weighted by molar-refractivity contribution is 14.1. The van der Waals surface area contributed by atoms with E-state index in [1.165, 1.54) is 0 Å². The smallest absolute Gasteiger partial charge is 0.336 e. The van der Waals surface area contributed by atoms with Crippen LogP contribution in [-0.4, -0.2) is 15.9 Å². The number of carboxylic acids is 1. The zero-order valence-corrected chi connectivity index (χ0v) is 10.7. The highest BCUT2D eigenvalue weighted by atomic mass is 127. The number of aromatic carboxylic acids is 1. The lowest BCUT2D eigenvalue weighted by Gasteiger charge is -2.07. The number of hydrogen-bond donors (Lipinski definition) is 1. The first kappa shape index (κ1) is 12.1. The predicted octanol–water partition coefficient (Wildman–Crippen LogP) is 3.34. The summed E-state index contributed by atoms with van der Waals surface area (Å²) in [5.41, 5.74) is 1.15. The lowest BCUT2D eigenvalue weighted by Crippen LogP contribution is -2.04. The molecular weight excluding hydrogens is 338 g/mol. The summed E-state index contributed by atoms with van der Waals surface area (Å²) in [6.07, 6.45) is 0.461. The molecule has 0 unspecified atom stereocenters. The number of carboxylic acid groups (broad SMARTS) is 1. The van der Waals surface area contributed by atoms with Crippen molar-refractivity contribution in [2.24, 2.45) is 0 Å². The molecule has 0 atom stereocenters. The van der Waals surface area contributed by atoms with Crippen molar-refractivity contribution in [1.82, 2.24) is 0 Å². The first-order valence-corrected chi connectivity index (χ1v) is 5.76. The molecule has 0 aliphatic carbocycles. The Kier molecular flexibility index (Phi) is 4.47. The first-order valence-electron chi connectivity index (χ1n) is 3.81. The molecule has 2 nitrogen and oxygen atoms in total. The van der Waals surface area contributed by atoms with Gasteiger partial charge < -0.3 is 5.11 Å². The van der Waals surface area contributed by atoms with E-state index in [2.05, 4.69) is 0 Å². The molecule has 0 saturated carbocycles. The SMILES string of the molecule is O=C(O)c1cccc(CC(Cl)Cl)c1I. The third-order valence-corrected chi connectivity index (χ3v) is 3.27. The lowest BCUT2D eigenvalue weighted by atomic mass is 10.1. The van der Waals surface area contributed by atoms with E-state index in [9.17, 15) is 4.79 Å². The highest BCUT2D eigenvalue weighted by Crippen LogP contribution is 2.21. The van der Waals surface area contributed by atoms with Gasteiger partial charge in [-0.3, -0.25) is 0 Å². The molecule has 76 valence electrons. The molecule has 1 N–H and O–H groups in total. The minimum Gasteiger partial charge on any atom is -0.478 e. The van der Waals surface area contributed by atoms with Crippen molar-refractivity contribution >= 4 is 51.8 Å². The van der Waals surface area contributed by atoms with E-state index in [4.69, 9.17) is 28.3 Å². The number of hydrogen-bond acceptors (Lipinski definition) is 1. The molecule has 0 aliphatic heterocycles. The molecule has 14 heavy (non-hydrogen) atoms. The second kappa shape index (κ2) is 5.19. The third kappa shape index (κ3) is 3.00. The molecule has 0 aromatic heterocycles. The average Bonchev–Trinajstić information content (AvgIpc) is 2.07. The fraction of sp³-hybridized carbons (Fsp3) is 0.222. The Labute approximate surface area is 105 Å². The van der Waals surface area contributed by atoms with Gasteiger partial charge in [0.2, 0.25) is 0 Å². The minimum atomic E-state index is -0.933. The largest absolute Gasteiger partial charge is 0.478 e. The van der Waals surface area contributed by atoms with Crippen LogP contribution in [0.1, 0.15) is 15.9 Å². The monoisotopic (exact) mass is 344 g/mol. The van der Waals surface area contributed by atoms with Crippen LogP contribution in [0.15, 0.2) is 18.2 Å². The molecule has 0 radical (unpaired) electrons. The maximum Gasteiger partial charge on any atom is 0.336 e. The van der Waals surface area contributed by atoms with Crippen LogP contribution < -0.4 is 0 Å². The summed E-state index contributed by atoms with van der Waals surface area (Å²) in [7, 11) is 0. The van der Waals surface area contributed by atoms with E-state index in [1.54, 1.807) is 12.1 Å². The van der Waals surface area contributed by atoms with Gasteiger partial charge in [0.15, 0.2) is 0 Å². The topological polar surface area (TPSA) is 37.3 Å². The van der Waals surface area contributed by atoms with Gasteiger partial charge in [-0.05, 0) is 34.2 Å². The fourth-order valence-electron chi connectivity index (χ4n) is 1.07. The number of benzene rings is 1. The van der Waals surface area contributed by atoms with Gasteiger partial charge in [0.1, 0.15) is 4.84 Å². The molecule has 0 amide bonds. The lowest BCUT2D eigenvalue weighted by molar-refractivity contribution is 0.0695. The van der Waals surface area contributed by atoms with Crippen molar-refractivity contribution in [3.8, 4) is 0 Å². The molecule has 0 bridgehead atoms. The summed E-state index contributed by atoms with van der Waals surface area (Å²) in [5.74, 6) is -0.933. The highest BCUT2D eigenvalue weighted by Gasteiger charge is 2.12. The van der Waals surface area contributed by atoms with Crippen LogP contribution in [0, 0.1) is 3.57 Å². The summed E-state index contributed by atoms with van der Waals surface area (Å²) in [4.78, 5) is 10.3. The van der Waals surface area contributed by atoms with E-state index in [-0.39, 0.29) is 5.56 Å². The molecule has 1 rings (SSSR count). The van der Waals surface area contributed by atoms with E-state index in [0.717, 1.165) is 5.56 Å². The average molecular weight is 345 g/mol. The van der Waals surface area contributed by atoms with E-state index < -0.39 is 10.8 Å². The Bertz CT molecular complexity index is 353. The van der Waals surface area contributed by atoms with Crippen LogP contribution in [0.3, 0.4) is 0 Å². The maximum absolute atomic E-state index is 10.8. The summed E-state index contributed by atoms with van der Waals surface area (Å²) >= 11 is 13.3. The van der Waals surface area contributed by atoms with Gasteiger partial charge in [-0.15, -0.1) is 23.2 Å². The second-order valence-corrected chi connectivity index (χ2v) is 5.03. The Morgan fingerprint density at radius 2 is 2.14 bits per heavy atom. The summed E-state index contributed by atoms with van der Waals surface area (Å²) in [5, 5.41) is 8.85. The Morgan fingerprint density at radius 3 is 2.64 bits per heavy atom. The quantitative estimate of drug-likeness (QED) is 0.674. The molecule has 0 heterocycles. The van der Waals surface area contributed by atoms with Crippen molar-refractivity contribution in [2.75, 3.05) is 0 Å². The van der Waals surface area contributed by atoms with Crippen molar-refractivity contribution < 1.29 is 9.90 Å². The first-order chi connectivity index (χ1) is 6.52. The molecule has 0 saturated heterocycles. The minimum absolute atomic E-state index is 0.289. The van der Waals surface area contributed by atoms with Gasteiger partial charge in [-0.25, -0.2) is 4.79 Å². The normalized spacial score (nSPS) is 10.6. The van der Waals surface area contributed by atoms with Crippen LogP contribution >= 0.6 is 45.8 Å². The second-order valence-electron chi connectivity index (χ2n) is 2.68. The zero-order valence-electron chi connectivity index (χ0n) is 7.01. The van der Waals surface area contributed by atoms with Crippen LogP contribution in [-0.2, 0) is 6.42 Å². The summed E-state index contributed by atoms with van der Waals surface area (Å²) < 4.78 is 0.698. The van der Waals surface area contributed by atoms with Crippen molar-refractivity contribution in [3.63, 3.8) is 0 Å². The van der Waals surface area contributed by atoms with E-state index >= 15 is 0 Å². The molecule has 0 spiro atoms. The van der Waals surface area contributed by atoms with Crippen molar-refractivity contribution in [2.45, 2.75) is 11.3 Å². The van der Waals surface area contributed by atoms with E-state index in [1.807, 2.05) is 28.7 Å². The third-order valence-electron chi connectivity index (χ3n) is 1.68. The van der Waals surface area contributed by atoms with Crippen LogP contribution in [0.25, 0.3) is 0 Å². The molecule has 1 aromatic carbocycles. The molecule has 0 aliphatic rings. The van der Waals surface area contributed by atoms with Gasteiger partial charge in [-0.1, -0.05) is 12.1 Å². The summed E-state index contributed by atoms with van der Waals surface area (Å²) in [6, 6.07) is 5.08. The van der Waals surface area contributed by atoms with Crippen molar-refractivity contribution in [3.05, 3.63) is 32.9 Å². The van der Waals surface area contributed by atoms with Gasteiger partial charge in [0.05, 0.1) is 5.56 Å². The summed E-state index contributed by atoms with van der Waals surface area (Å²) in [6.45, 7) is 0. The number of rotatable bonds is 3. The van der Waals surface area contributed by atoms with Crippen LogP contribution in [0.4, 0.5) is 0 Å². The maximum atomic E-state index is 10.8. The number of alkyl halides is 2. The van der Waals surface area contributed by atoms with Crippen LogP contribution in [0.5, 0.6) is 0 Å². The molecule has 5 heteroatoms. The zero-order chi connectivity index (χ0) is 10.7. The van der Waals surface area contributed by atoms with Gasteiger partial charge in [0.25, 0.3) is 0 Å². The number of carbonyl (C=O) groups is 1. The Balaban J connectivity index is 3.07. The number of halogens is 3. The molecule has 1 aromatic rings. The molecule has 0 fully saturated rings. The standard InChI is InChI=1S/C9H7Cl2IO2/c10-7(11)4-5-2-1-3-6(8(5)12)9(13)14/h1-3,7H,4H2,(H,13,14). The van der Waals surface area contributed by atoms with Gasteiger partial charge in [-0.2, -0.15) is 0 Å². The van der Waals surface area contributed by atoms with Crippen LogP contribution in [0.2, 0.25) is 0 Å². The fourth-order valence-corrected chi connectivity index (χ4v) is 2.21. The Hall–Kier alpha value is -0.000000000000000111.